The molecule has 1 fully saturated rings. The quantitative estimate of drug-likeness (QED) is 0.902. The minimum absolute atomic E-state index is 0.247. The predicted octanol–water partition coefficient (Wildman–Crippen LogP) is 3.15. The molecule has 0 aromatic carbocycles. The van der Waals surface area contributed by atoms with Gasteiger partial charge in [0.25, 0.3) is 0 Å². The molecule has 1 aromatic heterocycles. The Morgan fingerprint density at radius 3 is 3.06 bits per heavy atom. The summed E-state index contributed by atoms with van der Waals surface area (Å²) < 4.78 is 5.90. The van der Waals surface area contributed by atoms with Crippen LogP contribution in [0.1, 0.15) is 38.2 Å². The van der Waals surface area contributed by atoms with Crippen molar-refractivity contribution in [2.24, 2.45) is 11.7 Å². The molecule has 94 valence electrons. The lowest BCUT2D eigenvalue weighted by Gasteiger charge is -2.27. The highest BCUT2D eigenvalue weighted by molar-refractivity contribution is 6.32. The zero-order valence-corrected chi connectivity index (χ0v) is 10.9. The first-order valence-corrected chi connectivity index (χ1v) is 6.58. The van der Waals surface area contributed by atoms with Gasteiger partial charge in [-0.05, 0) is 36.8 Å². The molecular weight excluding hydrogens is 236 g/mol. The minimum Gasteiger partial charge on any atom is -0.473 e. The first-order chi connectivity index (χ1) is 8.20. The molecule has 2 N–H and O–H groups in total. The molecule has 0 radical (unpaired) electrons. The van der Waals surface area contributed by atoms with Crippen LogP contribution in [-0.2, 0) is 6.54 Å². The third-order valence-electron chi connectivity index (χ3n) is 3.32. The summed E-state index contributed by atoms with van der Waals surface area (Å²) in [6.07, 6.45) is 6.65. The van der Waals surface area contributed by atoms with Gasteiger partial charge in [-0.25, -0.2) is 4.98 Å². The van der Waals surface area contributed by atoms with E-state index in [2.05, 4.69) is 11.9 Å². The van der Waals surface area contributed by atoms with Crippen LogP contribution in [0.25, 0.3) is 0 Å². The first kappa shape index (κ1) is 12.7. The molecule has 0 bridgehead atoms. The lowest BCUT2D eigenvalue weighted by Crippen LogP contribution is -2.24. The van der Waals surface area contributed by atoms with Gasteiger partial charge in [-0.15, -0.1) is 0 Å². The molecule has 0 aliphatic heterocycles. The number of ether oxygens (including phenoxy) is 1. The standard InChI is InChI=1S/C13H19ClN2O/c1-9-3-2-4-11(7-9)17-13-12(14)10(8-15)5-6-16-13/h5-6,9,11H,2-4,7-8,15H2,1H3. The van der Waals surface area contributed by atoms with Crippen LogP contribution in [0.2, 0.25) is 5.02 Å². The van der Waals surface area contributed by atoms with E-state index in [0.29, 0.717) is 17.4 Å². The van der Waals surface area contributed by atoms with E-state index >= 15 is 0 Å². The Balaban J connectivity index is 2.07. The molecule has 3 nitrogen and oxygen atoms in total. The van der Waals surface area contributed by atoms with Crippen molar-refractivity contribution in [3.05, 3.63) is 22.8 Å². The summed E-state index contributed by atoms with van der Waals surface area (Å²) in [5, 5.41) is 0.563. The zero-order valence-electron chi connectivity index (χ0n) is 10.2. The van der Waals surface area contributed by atoms with Crippen molar-refractivity contribution in [3.63, 3.8) is 0 Å². The number of pyridine rings is 1. The molecule has 1 aliphatic rings. The largest absolute Gasteiger partial charge is 0.473 e. The second-order valence-corrected chi connectivity index (χ2v) is 5.18. The molecule has 2 unspecified atom stereocenters. The Hall–Kier alpha value is -0.800. The molecule has 2 atom stereocenters. The molecule has 4 heteroatoms. The van der Waals surface area contributed by atoms with Crippen LogP contribution in [0.15, 0.2) is 12.3 Å². The Morgan fingerprint density at radius 2 is 2.35 bits per heavy atom. The highest BCUT2D eigenvalue weighted by Crippen LogP contribution is 2.31. The van der Waals surface area contributed by atoms with E-state index in [9.17, 15) is 0 Å². The van der Waals surface area contributed by atoms with E-state index in [4.69, 9.17) is 22.1 Å². The summed E-state index contributed by atoms with van der Waals surface area (Å²) >= 11 is 6.20. The fourth-order valence-corrected chi connectivity index (χ4v) is 2.58. The number of aromatic nitrogens is 1. The van der Waals surface area contributed by atoms with Gasteiger partial charge in [-0.2, -0.15) is 0 Å². The van der Waals surface area contributed by atoms with E-state index < -0.39 is 0 Å². The lowest BCUT2D eigenvalue weighted by atomic mass is 9.89. The Morgan fingerprint density at radius 1 is 1.53 bits per heavy atom. The smallest absolute Gasteiger partial charge is 0.233 e. The van der Waals surface area contributed by atoms with Gasteiger partial charge in [0.2, 0.25) is 5.88 Å². The maximum Gasteiger partial charge on any atom is 0.233 e. The van der Waals surface area contributed by atoms with Crippen molar-refractivity contribution in [1.29, 1.82) is 0 Å². The third kappa shape index (κ3) is 3.11. The van der Waals surface area contributed by atoms with Crippen LogP contribution >= 0.6 is 11.6 Å². The first-order valence-electron chi connectivity index (χ1n) is 6.20. The Kier molecular flexibility index (Phi) is 4.24. The predicted molar refractivity (Wildman–Crippen MR) is 69.2 cm³/mol. The lowest BCUT2D eigenvalue weighted by molar-refractivity contribution is 0.124. The van der Waals surface area contributed by atoms with Gasteiger partial charge in [0.15, 0.2) is 0 Å². The van der Waals surface area contributed by atoms with E-state index in [0.717, 1.165) is 24.3 Å². The van der Waals surface area contributed by atoms with Crippen molar-refractivity contribution < 1.29 is 4.74 Å². The second-order valence-electron chi connectivity index (χ2n) is 4.80. The van der Waals surface area contributed by atoms with Crippen LogP contribution < -0.4 is 10.5 Å². The van der Waals surface area contributed by atoms with Gasteiger partial charge in [0.05, 0.1) is 0 Å². The molecule has 2 rings (SSSR count). The van der Waals surface area contributed by atoms with Crippen molar-refractivity contribution >= 4 is 11.6 Å². The highest BCUT2D eigenvalue weighted by atomic mass is 35.5. The van der Waals surface area contributed by atoms with Crippen molar-refractivity contribution in [2.45, 2.75) is 45.3 Å². The number of hydrogen-bond acceptors (Lipinski definition) is 3. The summed E-state index contributed by atoms with van der Waals surface area (Å²) in [4.78, 5) is 4.20. The number of halogens is 1. The van der Waals surface area contributed by atoms with Crippen LogP contribution in [-0.4, -0.2) is 11.1 Å². The van der Waals surface area contributed by atoms with Crippen LogP contribution in [0.3, 0.4) is 0 Å². The maximum atomic E-state index is 6.20. The van der Waals surface area contributed by atoms with Gasteiger partial charge in [-0.3, -0.25) is 0 Å². The Labute approximate surface area is 107 Å². The highest BCUT2D eigenvalue weighted by Gasteiger charge is 2.21. The molecule has 0 saturated heterocycles. The number of hydrogen-bond donors (Lipinski definition) is 1. The van der Waals surface area contributed by atoms with Crippen LogP contribution in [0, 0.1) is 5.92 Å². The van der Waals surface area contributed by atoms with E-state index in [1.807, 2.05) is 6.07 Å². The summed E-state index contributed by atoms with van der Waals surface area (Å²) in [5.41, 5.74) is 6.50. The Bertz CT molecular complexity index is 384. The molecule has 1 aliphatic carbocycles. The van der Waals surface area contributed by atoms with E-state index in [-0.39, 0.29) is 6.10 Å². The maximum absolute atomic E-state index is 6.20. The van der Waals surface area contributed by atoms with Crippen molar-refractivity contribution in [1.82, 2.24) is 4.98 Å². The van der Waals surface area contributed by atoms with E-state index in [1.165, 1.54) is 12.8 Å². The molecule has 0 spiro atoms. The number of nitrogens with two attached hydrogens (primary N) is 1. The van der Waals surface area contributed by atoms with Gasteiger partial charge >= 0.3 is 0 Å². The monoisotopic (exact) mass is 254 g/mol. The van der Waals surface area contributed by atoms with Crippen molar-refractivity contribution in [3.8, 4) is 5.88 Å². The average molecular weight is 255 g/mol. The topological polar surface area (TPSA) is 48.1 Å². The molecule has 1 saturated carbocycles. The van der Waals surface area contributed by atoms with Gasteiger partial charge in [0, 0.05) is 12.7 Å². The minimum atomic E-state index is 0.247. The number of nitrogens with zero attached hydrogens (tertiary/aromatic N) is 1. The van der Waals surface area contributed by atoms with Gasteiger partial charge in [-0.1, -0.05) is 24.9 Å². The van der Waals surface area contributed by atoms with Crippen molar-refractivity contribution in [2.75, 3.05) is 0 Å². The van der Waals surface area contributed by atoms with Gasteiger partial charge in [0.1, 0.15) is 11.1 Å². The summed E-state index contributed by atoms with van der Waals surface area (Å²) in [6.45, 7) is 2.68. The molecule has 0 amide bonds. The fraction of sp³-hybridized carbons (Fsp3) is 0.615. The zero-order chi connectivity index (χ0) is 12.3. The molecule has 17 heavy (non-hydrogen) atoms. The van der Waals surface area contributed by atoms with Crippen LogP contribution in [0.4, 0.5) is 0 Å². The van der Waals surface area contributed by atoms with Crippen LogP contribution in [0.5, 0.6) is 5.88 Å². The van der Waals surface area contributed by atoms with Gasteiger partial charge < -0.3 is 10.5 Å². The normalized spacial score (nSPS) is 24.6. The summed E-state index contributed by atoms with van der Waals surface area (Å²) in [5.74, 6) is 1.26. The summed E-state index contributed by atoms with van der Waals surface area (Å²) in [7, 11) is 0. The molecule has 1 heterocycles. The van der Waals surface area contributed by atoms with E-state index in [1.54, 1.807) is 6.20 Å². The molecular formula is C13H19ClN2O. The second kappa shape index (κ2) is 5.69. The average Bonchev–Trinajstić information content (AvgIpc) is 2.32. The summed E-state index contributed by atoms with van der Waals surface area (Å²) in [6, 6.07) is 1.83. The molecule has 1 aromatic rings. The SMILES string of the molecule is CC1CCCC(Oc2nccc(CN)c2Cl)C1. The third-order valence-corrected chi connectivity index (χ3v) is 3.73. The number of rotatable bonds is 3. The fourth-order valence-electron chi connectivity index (χ4n) is 2.35.